The van der Waals surface area contributed by atoms with Gasteiger partial charge in [0.05, 0.1) is 11.5 Å². The molecule has 0 saturated carbocycles. The Morgan fingerprint density at radius 1 is 1.13 bits per heavy atom. The predicted molar refractivity (Wildman–Crippen MR) is 87.6 cm³/mol. The van der Waals surface area contributed by atoms with Crippen molar-refractivity contribution >= 4 is 21.6 Å². The number of aliphatic hydroxyl groups excluding tert-OH is 1. The van der Waals surface area contributed by atoms with E-state index in [2.05, 4.69) is 5.32 Å². The minimum absolute atomic E-state index is 0.0549. The van der Waals surface area contributed by atoms with Crippen molar-refractivity contribution < 1.29 is 18.3 Å². The highest BCUT2D eigenvalue weighted by molar-refractivity contribution is 7.89. The van der Waals surface area contributed by atoms with E-state index in [4.69, 9.17) is 5.11 Å². The number of benzene rings is 2. The number of rotatable bonds is 5. The molecule has 0 aliphatic heterocycles. The molecule has 0 radical (unpaired) electrons. The Bertz CT molecular complexity index is 816. The highest BCUT2D eigenvalue weighted by Gasteiger charge is 2.18. The van der Waals surface area contributed by atoms with Gasteiger partial charge in [-0.05, 0) is 35.9 Å². The Hall–Kier alpha value is -2.22. The van der Waals surface area contributed by atoms with Crippen LogP contribution in [0.5, 0.6) is 0 Å². The van der Waals surface area contributed by atoms with Crippen LogP contribution in [0.1, 0.15) is 15.9 Å². The number of nitrogens with one attached hydrogen (secondary N) is 1. The van der Waals surface area contributed by atoms with Gasteiger partial charge in [0.15, 0.2) is 0 Å². The zero-order valence-corrected chi connectivity index (χ0v) is 13.7. The molecule has 6 nitrogen and oxygen atoms in total. The molecule has 23 heavy (non-hydrogen) atoms. The van der Waals surface area contributed by atoms with Gasteiger partial charge in [0.2, 0.25) is 10.0 Å². The lowest BCUT2D eigenvalue weighted by Gasteiger charge is -2.12. The summed E-state index contributed by atoms with van der Waals surface area (Å²) in [4.78, 5) is 12.3. The van der Waals surface area contributed by atoms with E-state index in [0.29, 0.717) is 11.3 Å². The molecule has 0 atom stereocenters. The molecule has 0 aromatic heterocycles. The second-order valence-corrected chi connectivity index (χ2v) is 7.28. The summed E-state index contributed by atoms with van der Waals surface area (Å²) >= 11 is 0. The molecule has 0 heterocycles. The fourth-order valence-electron chi connectivity index (χ4n) is 1.96. The maximum absolute atomic E-state index is 12.3. The lowest BCUT2D eigenvalue weighted by atomic mass is 10.2. The van der Waals surface area contributed by atoms with Crippen molar-refractivity contribution in [1.29, 1.82) is 0 Å². The molecular weight excluding hydrogens is 316 g/mol. The molecule has 2 aromatic carbocycles. The van der Waals surface area contributed by atoms with Crippen LogP contribution in [0.2, 0.25) is 0 Å². The molecule has 1 amide bonds. The largest absolute Gasteiger partial charge is 0.392 e. The predicted octanol–water partition coefficient (Wildman–Crippen LogP) is 1.68. The SMILES string of the molecule is CN(C)S(=O)(=O)c1cccc(C(=O)Nc2cccc(CO)c2)c1. The van der Waals surface area contributed by atoms with Gasteiger partial charge in [0.25, 0.3) is 5.91 Å². The molecule has 0 aliphatic rings. The summed E-state index contributed by atoms with van der Waals surface area (Å²) in [5.74, 6) is -0.420. The van der Waals surface area contributed by atoms with Crippen LogP contribution in [0.15, 0.2) is 53.4 Å². The second kappa shape index (κ2) is 6.91. The molecule has 0 fully saturated rings. The molecular formula is C16H18N2O4S. The van der Waals surface area contributed by atoms with Crippen molar-refractivity contribution in [1.82, 2.24) is 4.31 Å². The average molecular weight is 334 g/mol. The number of carbonyl (C=O) groups is 1. The standard InChI is InChI=1S/C16H18N2O4S/c1-18(2)23(21,22)15-8-4-6-13(10-15)16(20)17-14-7-3-5-12(9-14)11-19/h3-10,19H,11H2,1-2H3,(H,17,20). The molecule has 7 heteroatoms. The van der Waals surface area contributed by atoms with E-state index in [1.165, 1.54) is 32.3 Å². The van der Waals surface area contributed by atoms with Crippen molar-refractivity contribution in [2.45, 2.75) is 11.5 Å². The summed E-state index contributed by atoms with van der Waals surface area (Å²) in [7, 11) is -0.730. The molecule has 2 aromatic rings. The van der Waals surface area contributed by atoms with Crippen LogP contribution in [0, 0.1) is 0 Å². The van der Waals surface area contributed by atoms with Gasteiger partial charge >= 0.3 is 0 Å². The van der Waals surface area contributed by atoms with Gasteiger partial charge in [-0.3, -0.25) is 4.79 Å². The zero-order chi connectivity index (χ0) is 17.0. The lowest BCUT2D eigenvalue weighted by Crippen LogP contribution is -2.22. The first kappa shape index (κ1) is 17.1. The lowest BCUT2D eigenvalue weighted by molar-refractivity contribution is 0.102. The van der Waals surface area contributed by atoms with Crippen molar-refractivity contribution in [3.63, 3.8) is 0 Å². The third kappa shape index (κ3) is 3.95. The van der Waals surface area contributed by atoms with Crippen molar-refractivity contribution in [3.05, 3.63) is 59.7 Å². The third-order valence-electron chi connectivity index (χ3n) is 3.24. The number of aliphatic hydroxyl groups is 1. The highest BCUT2D eigenvalue weighted by Crippen LogP contribution is 2.17. The van der Waals surface area contributed by atoms with E-state index in [9.17, 15) is 13.2 Å². The minimum Gasteiger partial charge on any atom is -0.392 e. The fraction of sp³-hybridized carbons (Fsp3) is 0.188. The molecule has 122 valence electrons. The van der Waals surface area contributed by atoms with E-state index in [1.807, 2.05) is 0 Å². The van der Waals surface area contributed by atoms with E-state index in [1.54, 1.807) is 30.3 Å². The van der Waals surface area contributed by atoms with Crippen LogP contribution >= 0.6 is 0 Å². The molecule has 0 unspecified atom stereocenters. The van der Waals surface area contributed by atoms with E-state index in [-0.39, 0.29) is 17.1 Å². The summed E-state index contributed by atoms with van der Waals surface area (Å²) in [5, 5.41) is 11.8. The fourth-order valence-corrected chi connectivity index (χ4v) is 2.91. The van der Waals surface area contributed by atoms with E-state index in [0.717, 1.165) is 4.31 Å². The normalized spacial score (nSPS) is 11.5. The van der Waals surface area contributed by atoms with Crippen LogP contribution in [-0.4, -0.2) is 37.8 Å². The second-order valence-electron chi connectivity index (χ2n) is 5.13. The van der Waals surface area contributed by atoms with Crippen LogP contribution in [0.25, 0.3) is 0 Å². The molecule has 2 rings (SSSR count). The summed E-state index contributed by atoms with van der Waals surface area (Å²) in [6, 6.07) is 12.6. The van der Waals surface area contributed by atoms with Crippen molar-refractivity contribution in [2.24, 2.45) is 0 Å². The number of hydrogen-bond acceptors (Lipinski definition) is 4. The van der Waals surface area contributed by atoms with Gasteiger partial charge in [-0.2, -0.15) is 0 Å². The Labute approximate surface area is 135 Å². The summed E-state index contributed by atoms with van der Waals surface area (Å²) in [6.07, 6.45) is 0. The monoisotopic (exact) mass is 334 g/mol. The van der Waals surface area contributed by atoms with Crippen LogP contribution in [0.3, 0.4) is 0 Å². The van der Waals surface area contributed by atoms with Gasteiger partial charge in [0, 0.05) is 25.3 Å². The number of sulfonamides is 1. The smallest absolute Gasteiger partial charge is 0.255 e. The molecule has 0 aliphatic carbocycles. The van der Waals surface area contributed by atoms with E-state index < -0.39 is 15.9 Å². The molecule has 2 N–H and O–H groups in total. The van der Waals surface area contributed by atoms with Gasteiger partial charge < -0.3 is 10.4 Å². The summed E-state index contributed by atoms with van der Waals surface area (Å²) in [6.45, 7) is -0.125. The summed E-state index contributed by atoms with van der Waals surface area (Å²) < 4.78 is 25.3. The van der Waals surface area contributed by atoms with Crippen LogP contribution < -0.4 is 5.32 Å². The first-order chi connectivity index (χ1) is 10.8. The first-order valence-electron chi connectivity index (χ1n) is 6.88. The van der Waals surface area contributed by atoms with Gasteiger partial charge in [-0.15, -0.1) is 0 Å². The van der Waals surface area contributed by atoms with Gasteiger partial charge in [-0.25, -0.2) is 12.7 Å². The molecule has 0 saturated heterocycles. The van der Waals surface area contributed by atoms with Crippen LogP contribution in [0.4, 0.5) is 5.69 Å². The average Bonchev–Trinajstić information content (AvgIpc) is 2.55. The van der Waals surface area contributed by atoms with Gasteiger partial charge in [-0.1, -0.05) is 18.2 Å². The Balaban J connectivity index is 2.26. The Kier molecular flexibility index (Phi) is 5.15. The van der Waals surface area contributed by atoms with Crippen molar-refractivity contribution in [3.8, 4) is 0 Å². The number of amides is 1. The van der Waals surface area contributed by atoms with Gasteiger partial charge in [0.1, 0.15) is 0 Å². The zero-order valence-electron chi connectivity index (χ0n) is 12.9. The summed E-state index contributed by atoms with van der Waals surface area (Å²) in [5.41, 5.74) is 1.44. The topological polar surface area (TPSA) is 86.7 Å². The quantitative estimate of drug-likeness (QED) is 0.871. The van der Waals surface area contributed by atoms with Crippen LogP contribution in [-0.2, 0) is 16.6 Å². The Morgan fingerprint density at radius 2 is 1.83 bits per heavy atom. The number of anilines is 1. The number of hydrogen-bond donors (Lipinski definition) is 2. The Morgan fingerprint density at radius 3 is 2.48 bits per heavy atom. The van der Waals surface area contributed by atoms with Crippen molar-refractivity contribution in [2.75, 3.05) is 19.4 Å². The number of carbonyl (C=O) groups excluding carboxylic acids is 1. The third-order valence-corrected chi connectivity index (χ3v) is 5.05. The molecule has 0 bridgehead atoms. The minimum atomic E-state index is -3.60. The van der Waals surface area contributed by atoms with E-state index >= 15 is 0 Å². The maximum atomic E-state index is 12.3. The number of nitrogens with zero attached hydrogens (tertiary/aromatic N) is 1. The highest BCUT2D eigenvalue weighted by atomic mass is 32.2. The molecule has 0 spiro atoms. The maximum Gasteiger partial charge on any atom is 0.255 e. The first-order valence-corrected chi connectivity index (χ1v) is 8.32.